The Hall–Kier alpha value is -2.32. The number of nitrogens with two attached hydrogens (primary N) is 1. The van der Waals surface area contributed by atoms with E-state index in [-0.39, 0.29) is 13.2 Å². The molecule has 27 heavy (non-hydrogen) atoms. The molecule has 7 nitrogen and oxygen atoms in total. The molecule has 0 aromatic heterocycles. The van der Waals surface area contributed by atoms with Gasteiger partial charge in [-0.2, -0.15) is 0 Å². The molecule has 2 unspecified atom stereocenters. The van der Waals surface area contributed by atoms with Crippen LogP contribution in [0.3, 0.4) is 0 Å². The first-order valence-corrected chi connectivity index (χ1v) is 8.80. The van der Waals surface area contributed by atoms with Gasteiger partial charge in [0.05, 0.1) is 0 Å². The lowest BCUT2D eigenvalue weighted by Gasteiger charge is -2.34. The second kappa shape index (κ2) is 7.74. The first-order valence-electron chi connectivity index (χ1n) is 8.80. The fourth-order valence-corrected chi connectivity index (χ4v) is 3.83. The Bertz CT molecular complexity index is 766. The molecular formula is C20H25N3O4. The van der Waals surface area contributed by atoms with E-state index in [1.54, 1.807) is 26.6 Å². The predicted octanol–water partition coefficient (Wildman–Crippen LogP) is 1.65. The normalized spacial score (nSPS) is 26.5. The number of aliphatic hydroxyl groups is 2. The molecule has 0 radical (unpaired) electrons. The molecule has 144 valence electrons. The van der Waals surface area contributed by atoms with Gasteiger partial charge in [0.2, 0.25) is 11.4 Å². The van der Waals surface area contributed by atoms with Crippen LogP contribution in [-0.4, -0.2) is 50.1 Å². The third-order valence-electron chi connectivity index (χ3n) is 5.12. The summed E-state index contributed by atoms with van der Waals surface area (Å²) in [5.41, 5.74) is 7.86. The highest BCUT2D eigenvalue weighted by Gasteiger charge is 2.44. The number of aliphatic hydroxyl groups excluding tert-OH is 2. The lowest BCUT2D eigenvalue weighted by Crippen LogP contribution is -2.32. The van der Waals surface area contributed by atoms with Crippen LogP contribution in [0, 0.1) is 0 Å². The monoisotopic (exact) mass is 371 g/mol. The molecule has 0 spiro atoms. The van der Waals surface area contributed by atoms with Crippen molar-refractivity contribution < 1.29 is 19.7 Å². The van der Waals surface area contributed by atoms with E-state index in [1.807, 2.05) is 30.4 Å². The molecule has 3 rings (SSSR count). The van der Waals surface area contributed by atoms with Crippen molar-refractivity contribution in [1.29, 1.82) is 0 Å². The largest absolute Gasteiger partial charge is 0.398 e. The van der Waals surface area contributed by atoms with Gasteiger partial charge in [-0.1, -0.05) is 18.2 Å². The van der Waals surface area contributed by atoms with Crippen molar-refractivity contribution >= 4 is 18.1 Å². The maximum Gasteiger partial charge on any atom is 0.209 e. The number of methoxy groups -OCH3 is 2. The van der Waals surface area contributed by atoms with Crippen molar-refractivity contribution in [2.24, 2.45) is 9.98 Å². The number of anilines is 1. The highest BCUT2D eigenvalue weighted by molar-refractivity contribution is 5.80. The summed E-state index contributed by atoms with van der Waals surface area (Å²) < 4.78 is 11.6. The Morgan fingerprint density at radius 3 is 1.70 bits per heavy atom. The van der Waals surface area contributed by atoms with E-state index in [4.69, 9.17) is 15.2 Å². The number of nitrogen functional groups attached to an aromatic ring is 1. The van der Waals surface area contributed by atoms with Gasteiger partial charge >= 0.3 is 0 Å². The first kappa shape index (κ1) is 19.4. The number of aliphatic imine (C=N–C) groups is 2. The second-order valence-corrected chi connectivity index (χ2v) is 6.35. The fraction of sp³-hybridized carbons (Fsp3) is 0.400. The van der Waals surface area contributed by atoms with Crippen LogP contribution in [0.25, 0.3) is 0 Å². The third kappa shape index (κ3) is 2.93. The molecule has 0 saturated carbocycles. The molecule has 0 aliphatic carbocycles. The lowest BCUT2D eigenvalue weighted by atomic mass is 9.86. The molecule has 2 atom stereocenters. The molecule has 2 aliphatic rings. The van der Waals surface area contributed by atoms with E-state index in [1.165, 1.54) is 0 Å². The summed E-state index contributed by atoms with van der Waals surface area (Å²) in [6, 6.07) is 5.57. The molecule has 0 bridgehead atoms. The number of para-hydroxylation sites is 1. The van der Waals surface area contributed by atoms with Gasteiger partial charge < -0.3 is 25.4 Å². The summed E-state index contributed by atoms with van der Waals surface area (Å²) >= 11 is 0. The van der Waals surface area contributed by atoms with Crippen molar-refractivity contribution in [3.63, 3.8) is 0 Å². The average Bonchev–Trinajstić information content (AvgIpc) is 3.28. The van der Waals surface area contributed by atoms with Gasteiger partial charge in [0.1, 0.15) is 0 Å². The lowest BCUT2D eigenvalue weighted by molar-refractivity contribution is 0.0203. The van der Waals surface area contributed by atoms with Crippen molar-refractivity contribution in [3.8, 4) is 0 Å². The number of nitrogens with zero attached hydrogens (tertiary/aromatic N) is 2. The number of hydrogen-bond acceptors (Lipinski definition) is 7. The van der Waals surface area contributed by atoms with Crippen LogP contribution in [0.4, 0.5) is 5.69 Å². The minimum atomic E-state index is -1.08. The molecule has 7 heteroatoms. The molecule has 4 N–H and O–H groups in total. The van der Waals surface area contributed by atoms with Crippen LogP contribution in [0.2, 0.25) is 0 Å². The number of allylic oxidation sites excluding steroid dienone is 2. The van der Waals surface area contributed by atoms with Gasteiger partial charge in [-0.15, -0.1) is 0 Å². The van der Waals surface area contributed by atoms with Crippen LogP contribution >= 0.6 is 0 Å². The maximum absolute atomic E-state index is 9.42. The highest BCUT2D eigenvalue weighted by Crippen LogP contribution is 2.47. The SMILES string of the molecule is COC1(c2cccc(C3(OC)N=CC=C3CCO)c2N)N=CC=C1CCO. The van der Waals surface area contributed by atoms with Gasteiger partial charge in [-0.25, -0.2) is 0 Å². The summed E-state index contributed by atoms with van der Waals surface area (Å²) in [5, 5.41) is 18.8. The standard InChI is InChI=1S/C20H25N3O4/c1-26-19(14(8-12-24)6-10-22-19)16-4-3-5-17(18(16)21)20(27-2)15(9-13-25)7-11-23-20/h3-7,10-11,24-25H,8-9,12-13,21H2,1-2H3. The second-order valence-electron chi connectivity index (χ2n) is 6.35. The molecule has 1 aromatic carbocycles. The van der Waals surface area contributed by atoms with Crippen LogP contribution < -0.4 is 5.73 Å². The molecule has 0 saturated heterocycles. The number of ether oxygens (including phenoxy) is 2. The van der Waals surface area contributed by atoms with Crippen LogP contribution in [0.15, 0.2) is 51.5 Å². The zero-order valence-electron chi connectivity index (χ0n) is 15.6. The summed E-state index contributed by atoms with van der Waals surface area (Å²) in [5.74, 6) is 0. The molecule has 2 aliphatic heterocycles. The van der Waals surface area contributed by atoms with Crippen molar-refractivity contribution in [1.82, 2.24) is 0 Å². The Balaban J connectivity index is 2.15. The zero-order valence-corrected chi connectivity index (χ0v) is 15.6. The van der Waals surface area contributed by atoms with Crippen molar-refractivity contribution in [2.75, 3.05) is 33.2 Å². The van der Waals surface area contributed by atoms with E-state index in [2.05, 4.69) is 9.98 Å². The van der Waals surface area contributed by atoms with Gasteiger partial charge in [0.15, 0.2) is 0 Å². The van der Waals surface area contributed by atoms with E-state index >= 15 is 0 Å². The van der Waals surface area contributed by atoms with Crippen molar-refractivity contribution in [2.45, 2.75) is 24.3 Å². The zero-order chi connectivity index (χ0) is 19.5. The number of rotatable bonds is 8. The van der Waals surface area contributed by atoms with E-state index in [0.717, 1.165) is 11.1 Å². The maximum atomic E-state index is 9.42. The summed E-state index contributed by atoms with van der Waals surface area (Å²) in [7, 11) is 3.13. The molecular weight excluding hydrogens is 346 g/mol. The minimum absolute atomic E-state index is 0.0183. The number of benzene rings is 1. The first-order chi connectivity index (χ1) is 13.1. The summed E-state index contributed by atoms with van der Waals surface area (Å²) in [6.07, 6.45) is 7.84. The van der Waals surface area contributed by atoms with Gasteiger partial charge in [-0.3, -0.25) is 9.98 Å². The molecule has 0 amide bonds. The average molecular weight is 371 g/mol. The van der Waals surface area contributed by atoms with Crippen LogP contribution in [0.1, 0.15) is 24.0 Å². The summed E-state index contributed by atoms with van der Waals surface area (Å²) in [6.45, 7) is -0.0365. The highest BCUT2D eigenvalue weighted by atomic mass is 16.5. The third-order valence-corrected chi connectivity index (χ3v) is 5.12. The van der Waals surface area contributed by atoms with Gasteiger partial charge in [0, 0.05) is 56.7 Å². The quantitative estimate of drug-likeness (QED) is 0.602. The Labute approximate surface area is 158 Å². The summed E-state index contributed by atoms with van der Waals surface area (Å²) in [4.78, 5) is 9.05. The topological polar surface area (TPSA) is 110 Å². The number of hydrogen-bond donors (Lipinski definition) is 3. The van der Waals surface area contributed by atoms with E-state index in [9.17, 15) is 10.2 Å². The molecule has 1 aromatic rings. The molecule has 2 heterocycles. The van der Waals surface area contributed by atoms with Crippen molar-refractivity contribution in [3.05, 3.63) is 52.6 Å². The van der Waals surface area contributed by atoms with E-state index < -0.39 is 11.4 Å². The Kier molecular flexibility index (Phi) is 5.57. The van der Waals surface area contributed by atoms with E-state index in [0.29, 0.717) is 29.7 Å². The van der Waals surface area contributed by atoms with Gasteiger partial charge in [0.25, 0.3) is 0 Å². The molecule has 0 fully saturated rings. The fourth-order valence-electron chi connectivity index (χ4n) is 3.83. The Morgan fingerprint density at radius 1 is 0.889 bits per heavy atom. The smallest absolute Gasteiger partial charge is 0.209 e. The van der Waals surface area contributed by atoms with Crippen LogP contribution in [0.5, 0.6) is 0 Å². The minimum Gasteiger partial charge on any atom is -0.398 e. The van der Waals surface area contributed by atoms with Gasteiger partial charge in [-0.05, 0) is 36.1 Å². The van der Waals surface area contributed by atoms with Crippen LogP contribution in [-0.2, 0) is 20.9 Å². The Morgan fingerprint density at radius 2 is 1.33 bits per heavy atom. The predicted molar refractivity (Wildman–Crippen MR) is 105 cm³/mol.